The molecule has 0 fully saturated rings. The maximum atomic E-state index is 12.3. The lowest BCUT2D eigenvalue weighted by atomic mass is 9.98. The van der Waals surface area contributed by atoms with E-state index in [0.29, 0.717) is 26.4 Å². The van der Waals surface area contributed by atoms with Crippen molar-refractivity contribution in [1.82, 2.24) is 5.32 Å². The highest BCUT2D eigenvalue weighted by molar-refractivity contribution is 5.79. The van der Waals surface area contributed by atoms with Gasteiger partial charge in [-0.3, -0.25) is 0 Å². The summed E-state index contributed by atoms with van der Waals surface area (Å²) in [7, 11) is 0. The van der Waals surface area contributed by atoms with Crippen LogP contribution in [0.1, 0.15) is 29.0 Å². The van der Waals surface area contributed by atoms with Gasteiger partial charge in [0.25, 0.3) is 0 Å². The van der Waals surface area contributed by atoms with Gasteiger partial charge in [-0.05, 0) is 39.9 Å². The van der Waals surface area contributed by atoms with Crippen molar-refractivity contribution < 1.29 is 19.0 Å². The van der Waals surface area contributed by atoms with Gasteiger partial charge in [-0.1, -0.05) is 66.7 Å². The molecule has 0 saturated carbocycles. The van der Waals surface area contributed by atoms with Gasteiger partial charge in [0.1, 0.15) is 6.61 Å². The molecule has 5 nitrogen and oxygen atoms in total. The summed E-state index contributed by atoms with van der Waals surface area (Å²) < 4.78 is 16.9. The summed E-state index contributed by atoms with van der Waals surface area (Å²) >= 11 is 0. The van der Waals surface area contributed by atoms with Gasteiger partial charge in [0.15, 0.2) is 11.5 Å². The summed E-state index contributed by atoms with van der Waals surface area (Å²) in [5.41, 5.74) is 5.83. The summed E-state index contributed by atoms with van der Waals surface area (Å²) in [6.07, 6.45) is 4.29. The van der Waals surface area contributed by atoms with Crippen LogP contribution in [0.15, 0.2) is 72.8 Å². The molecule has 1 aliphatic carbocycles. The Labute approximate surface area is 187 Å². The summed E-state index contributed by atoms with van der Waals surface area (Å²) in [5.74, 6) is 1.59. The minimum Gasteiger partial charge on any atom is -0.490 e. The summed E-state index contributed by atoms with van der Waals surface area (Å²) in [5, 5.41) is 2.79. The zero-order valence-electron chi connectivity index (χ0n) is 17.8. The van der Waals surface area contributed by atoms with Crippen molar-refractivity contribution in [2.45, 2.75) is 12.3 Å². The van der Waals surface area contributed by atoms with Crippen LogP contribution in [0.2, 0.25) is 0 Å². The van der Waals surface area contributed by atoms with Gasteiger partial charge >= 0.3 is 6.09 Å². The summed E-state index contributed by atoms with van der Waals surface area (Å²) in [4.78, 5) is 12.3. The molecule has 0 spiro atoms. The average molecular weight is 428 g/mol. The summed E-state index contributed by atoms with van der Waals surface area (Å²) in [6.45, 7) is 2.02. The molecular formula is C27H25NO4. The van der Waals surface area contributed by atoms with E-state index in [1.165, 1.54) is 22.3 Å². The molecule has 0 bridgehead atoms. The first-order valence-electron chi connectivity index (χ1n) is 10.9. The van der Waals surface area contributed by atoms with Crippen molar-refractivity contribution in [1.29, 1.82) is 0 Å². The molecule has 1 heterocycles. The quantitative estimate of drug-likeness (QED) is 0.592. The number of nitrogens with one attached hydrogen (secondary N) is 1. The Bertz CT molecular complexity index is 1110. The highest BCUT2D eigenvalue weighted by Gasteiger charge is 2.28. The van der Waals surface area contributed by atoms with Crippen LogP contribution in [0.3, 0.4) is 0 Å². The minimum absolute atomic E-state index is 0.0606. The first-order valence-corrected chi connectivity index (χ1v) is 10.9. The monoisotopic (exact) mass is 427 g/mol. The molecule has 1 aliphatic heterocycles. The second kappa shape index (κ2) is 9.18. The third-order valence-corrected chi connectivity index (χ3v) is 5.79. The second-order valence-corrected chi connectivity index (χ2v) is 7.87. The lowest BCUT2D eigenvalue weighted by Gasteiger charge is -2.14. The van der Waals surface area contributed by atoms with Crippen LogP contribution in [0.4, 0.5) is 4.79 Å². The number of alkyl carbamates (subject to hydrolysis) is 1. The Morgan fingerprint density at radius 2 is 1.62 bits per heavy atom. The van der Waals surface area contributed by atoms with Gasteiger partial charge < -0.3 is 19.5 Å². The third-order valence-electron chi connectivity index (χ3n) is 5.79. The molecule has 5 heteroatoms. The lowest BCUT2D eigenvalue weighted by molar-refractivity contribution is 0.144. The van der Waals surface area contributed by atoms with Crippen LogP contribution < -0.4 is 14.8 Å². The Kier molecular flexibility index (Phi) is 5.79. The SMILES string of the molecule is O=C(NCC=Cc1ccc2c(c1)OCCCO2)OCC1c2ccccc2-c2ccccc21. The molecule has 162 valence electrons. The third kappa shape index (κ3) is 4.19. The van der Waals surface area contributed by atoms with Crippen LogP contribution in [0, 0.1) is 0 Å². The van der Waals surface area contributed by atoms with E-state index in [-0.39, 0.29) is 5.92 Å². The highest BCUT2D eigenvalue weighted by Crippen LogP contribution is 2.44. The fourth-order valence-corrected chi connectivity index (χ4v) is 4.27. The maximum absolute atomic E-state index is 12.3. The van der Waals surface area contributed by atoms with E-state index in [1.807, 2.05) is 54.6 Å². The maximum Gasteiger partial charge on any atom is 0.407 e. The molecule has 0 unspecified atom stereocenters. The molecule has 0 radical (unpaired) electrons. The first kappa shape index (κ1) is 20.2. The lowest BCUT2D eigenvalue weighted by Crippen LogP contribution is -2.26. The largest absolute Gasteiger partial charge is 0.490 e. The van der Waals surface area contributed by atoms with E-state index in [9.17, 15) is 4.79 Å². The first-order chi connectivity index (χ1) is 15.8. The molecule has 0 saturated heterocycles. The topological polar surface area (TPSA) is 56.8 Å². The zero-order valence-corrected chi connectivity index (χ0v) is 17.8. The summed E-state index contributed by atoms with van der Waals surface area (Å²) in [6, 6.07) is 22.4. The minimum atomic E-state index is -0.421. The van der Waals surface area contributed by atoms with Crippen molar-refractivity contribution in [3.05, 3.63) is 89.5 Å². The van der Waals surface area contributed by atoms with Gasteiger partial charge in [0, 0.05) is 18.9 Å². The van der Waals surface area contributed by atoms with Crippen molar-refractivity contribution in [3.8, 4) is 22.6 Å². The van der Waals surface area contributed by atoms with Crippen molar-refractivity contribution >= 4 is 12.2 Å². The van der Waals surface area contributed by atoms with Crippen LogP contribution in [-0.4, -0.2) is 32.5 Å². The molecule has 2 aliphatic rings. The number of carbonyl (C=O) groups excluding carboxylic acids is 1. The van der Waals surface area contributed by atoms with Gasteiger partial charge in [-0.2, -0.15) is 0 Å². The van der Waals surface area contributed by atoms with E-state index >= 15 is 0 Å². The number of rotatable bonds is 5. The van der Waals surface area contributed by atoms with Gasteiger partial charge in [-0.15, -0.1) is 0 Å². The van der Waals surface area contributed by atoms with Crippen molar-refractivity contribution in [3.63, 3.8) is 0 Å². The van der Waals surface area contributed by atoms with Crippen molar-refractivity contribution in [2.75, 3.05) is 26.4 Å². The second-order valence-electron chi connectivity index (χ2n) is 7.87. The Morgan fingerprint density at radius 1 is 0.938 bits per heavy atom. The Morgan fingerprint density at radius 3 is 2.38 bits per heavy atom. The number of amides is 1. The van der Waals surface area contributed by atoms with Crippen LogP contribution >= 0.6 is 0 Å². The molecule has 3 aromatic rings. The van der Waals surface area contributed by atoms with Crippen LogP contribution in [0.5, 0.6) is 11.5 Å². The van der Waals surface area contributed by atoms with E-state index in [2.05, 4.69) is 29.6 Å². The van der Waals surface area contributed by atoms with Crippen LogP contribution in [-0.2, 0) is 4.74 Å². The smallest absolute Gasteiger partial charge is 0.407 e. The van der Waals surface area contributed by atoms with E-state index < -0.39 is 6.09 Å². The number of ether oxygens (including phenoxy) is 3. The molecule has 0 atom stereocenters. The van der Waals surface area contributed by atoms with E-state index in [0.717, 1.165) is 23.5 Å². The van der Waals surface area contributed by atoms with Crippen molar-refractivity contribution in [2.24, 2.45) is 0 Å². The molecule has 1 amide bonds. The zero-order chi connectivity index (χ0) is 21.8. The van der Waals surface area contributed by atoms with Gasteiger partial charge in [0.05, 0.1) is 13.2 Å². The molecule has 5 rings (SSSR count). The predicted molar refractivity (Wildman–Crippen MR) is 124 cm³/mol. The predicted octanol–water partition coefficient (Wildman–Crippen LogP) is 5.40. The van der Waals surface area contributed by atoms with Crippen LogP contribution in [0.25, 0.3) is 17.2 Å². The number of benzene rings is 3. The molecule has 3 aromatic carbocycles. The average Bonchev–Trinajstić information content (AvgIpc) is 2.96. The van der Waals surface area contributed by atoms with E-state index in [4.69, 9.17) is 14.2 Å². The van der Waals surface area contributed by atoms with E-state index in [1.54, 1.807) is 0 Å². The standard InChI is InChI=1S/C27H25NO4/c29-27(28-14-5-7-19-12-13-25-26(17-19)31-16-6-15-30-25)32-18-24-22-10-3-1-8-20(22)21-9-2-4-11-23(21)24/h1-5,7-13,17,24H,6,14-16,18H2,(H,28,29). The molecular weight excluding hydrogens is 402 g/mol. The number of fused-ring (bicyclic) bond motifs is 4. The number of hydrogen-bond acceptors (Lipinski definition) is 4. The molecule has 32 heavy (non-hydrogen) atoms. The van der Waals surface area contributed by atoms with Gasteiger partial charge in [-0.25, -0.2) is 4.79 Å². The fraction of sp³-hybridized carbons (Fsp3) is 0.222. The fourth-order valence-electron chi connectivity index (χ4n) is 4.27. The molecule has 1 N–H and O–H groups in total. The Balaban J connectivity index is 1.15. The van der Waals surface area contributed by atoms with Gasteiger partial charge in [0.2, 0.25) is 0 Å². The Hall–Kier alpha value is -3.73. The number of carbonyl (C=O) groups is 1. The normalized spacial score (nSPS) is 14.5. The highest BCUT2D eigenvalue weighted by atomic mass is 16.5. The number of hydrogen-bond donors (Lipinski definition) is 1. The molecule has 0 aromatic heterocycles.